The quantitative estimate of drug-likeness (QED) is 0.710. The molecule has 0 saturated heterocycles. The van der Waals surface area contributed by atoms with Crippen molar-refractivity contribution >= 4 is 6.08 Å². The third-order valence-corrected chi connectivity index (χ3v) is 2.74. The van der Waals surface area contributed by atoms with E-state index in [0.29, 0.717) is 5.75 Å². The van der Waals surface area contributed by atoms with Gasteiger partial charge in [-0.2, -0.15) is 0 Å². The van der Waals surface area contributed by atoms with Crippen molar-refractivity contribution in [2.24, 2.45) is 5.73 Å². The highest BCUT2D eigenvalue weighted by molar-refractivity contribution is 5.61. The third kappa shape index (κ3) is 1.66. The van der Waals surface area contributed by atoms with Crippen molar-refractivity contribution in [2.45, 2.75) is 25.8 Å². The number of rotatable bonds is 1. The van der Waals surface area contributed by atoms with Gasteiger partial charge in [-0.3, -0.25) is 0 Å². The van der Waals surface area contributed by atoms with E-state index in [2.05, 4.69) is 6.08 Å². The fraction of sp³-hybridized carbons (Fsp3) is 0.333. The molecule has 1 aromatic carbocycles. The van der Waals surface area contributed by atoms with E-state index in [9.17, 15) is 5.11 Å². The highest BCUT2D eigenvalue weighted by Crippen LogP contribution is 2.27. The molecule has 0 saturated carbocycles. The molecule has 0 fully saturated rings. The summed E-state index contributed by atoms with van der Waals surface area (Å²) in [6.45, 7) is 2.01. The zero-order valence-electron chi connectivity index (χ0n) is 8.33. The maximum atomic E-state index is 9.32. The normalized spacial score (nSPS) is 17.1. The number of nitrogens with two attached hydrogens (primary N) is 1. The molecule has 0 aliphatic heterocycles. The van der Waals surface area contributed by atoms with Crippen molar-refractivity contribution in [3.05, 3.63) is 34.9 Å². The summed E-state index contributed by atoms with van der Waals surface area (Å²) in [6.07, 6.45) is 4.13. The first kappa shape index (κ1) is 9.28. The summed E-state index contributed by atoms with van der Waals surface area (Å²) in [7, 11) is 0. The molecular formula is C12H15NO. The molecule has 2 heteroatoms. The molecular weight excluding hydrogens is 174 g/mol. The number of aryl methyl sites for hydroxylation is 1. The van der Waals surface area contributed by atoms with Crippen LogP contribution in [-0.2, 0) is 6.42 Å². The molecule has 1 atom stereocenters. The van der Waals surface area contributed by atoms with Crippen molar-refractivity contribution in [1.82, 2.24) is 0 Å². The van der Waals surface area contributed by atoms with Crippen LogP contribution in [0, 0.1) is 0 Å². The van der Waals surface area contributed by atoms with Gasteiger partial charge in [-0.15, -0.1) is 0 Å². The summed E-state index contributed by atoms with van der Waals surface area (Å²) in [5.74, 6) is 0.349. The fourth-order valence-electron chi connectivity index (χ4n) is 1.86. The Balaban J connectivity index is 2.40. The van der Waals surface area contributed by atoms with E-state index in [1.54, 1.807) is 6.07 Å². The van der Waals surface area contributed by atoms with E-state index < -0.39 is 0 Å². The van der Waals surface area contributed by atoms with Gasteiger partial charge in [0.25, 0.3) is 0 Å². The van der Waals surface area contributed by atoms with E-state index in [1.807, 2.05) is 19.1 Å². The first-order chi connectivity index (χ1) is 6.66. The predicted molar refractivity (Wildman–Crippen MR) is 58.1 cm³/mol. The summed E-state index contributed by atoms with van der Waals surface area (Å²) in [4.78, 5) is 0. The van der Waals surface area contributed by atoms with Gasteiger partial charge in [0.05, 0.1) is 0 Å². The zero-order valence-corrected chi connectivity index (χ0v) is 8.33. The second kappa shape index (κ2) is 3.46. The molecule has 0 radical (unpaired) electrons. The number of aromatic hydroxyl groups is 1. The van der Waals surface area contributed by atoms with Crippen LogP contribution >= 0.6 is 0 Å². The molecule has 0 aromatic heterocycles. The van der Waals surface area contributed by atoms with Gasteiger partial charge in [0.1, 0.15) is 5.75 Å². The SMILES string of the molecule is CC(N)C1=Cc2ccc(O)cc2CC1. The summed E-state index contributed by atoms with van der Waals surface area (Å²) in [5.41, 5.74) is 9.54. The average Bonchev–Trinajstić information content (AvgIpc) is 2.16. The van der Waals surface area contributed by atoms with Gasteiger partial charge in [0.15, 0.2) is 0 Å². The number of hydrogen-bond acceptors (Lipinski definition) is 2. The molecule has 3 N–H and O–H groups in total. The van der Waals surface area contributed by atoms with Gasteiger partial charge in [-0.05, 0) is 43.0 Å². The van der Waals surface area contributed by atoms with Crippen LogP contribution in [0.3, 0.4) is 0 Å². The minimum atomic E-state index is 0.136. The lowest BCUT2D eigenvalue weighted by atomic mass is 9.89. The van der Waals surface area contributed by atoms with Crippen molar-refractivity contribution in [2.75, 3.05) is 0 Å². The highest BCUT2D eigenvalue weighted by Gasteiger charge is 2.12. The van der Waals surface area contributed by atoms with Crippen molar-refractivity contribution < 1.29 is 5.11 Å². The Morgan fingerprint density at radius 1 is 1.36 bits per heavy atom. The smallest absolute Gasteiger partial charge is 0.115 e. The van der Waals surface area contributed by atoms with E-state index >= 15 is 0 Å². The van der Waals surface area contributed by atoms with Crippen LogP contribution in [0.15, 0.2) is 23.8 Å². The Kier molecular flexibility index (Phi) is 2.30. The van der Waals surface area contributed by atoms with Gasteiger partial charge in [-0.25, -0.2) is 0 Å². The highest BCUT2D eigenvalue weighted by atomic mass is 16.3. The number of hydrogen-bond donors (Lipinski definition) is 2. The van der Waals surface area contributed by atoms with E-state index in [0.717, 1.165) is 12.8 Å². The minimum Gasteiger partial charge on any atom is -0.508 e. The lowest BCUT2D eigenvalue weighted by Gasteiger charge is -2.18. The second-order valence-corrected chi connectivity index (χ2v) is 3.89. The molecule has 1 aliphatic rings. The minimum absolute atomic E-state index is 0.136. The number of phenols is 1. The molecule has 0 heterocycles. The lowest BCUT2D eigenvalue weighted by molar-refractivity contribution is 0.474. The number of benzene rings is 1. The lowest BCUT2D eigenvalue weighted by Crippen LogP contribution is -2.20. The third-order valence-electron chi connectivity index (χ3n) is 2.74. The maximum absolute atomic E-state index is 9.32. The predicted octanol–water partition coefficient (Wildman–Crippen LogP) is 2.07. The van der Waals surface area contributed by atoms with Crippen molar-refractivity contribution in [1.29, 1.82) is 0 Å². The summed E-state index contributed by atoms with van der Waals surface area (Å²) in [6, 6.07) is 5.65. The van der Waals surface area contributed by atoms with Crippen LogP contribution in [0.2, 0.25) is 0 Å². The number of fused-ring (bicyclic) bond motifs is 1. The molecule has 1 aliphatic carbocycles. The summed E-state index contributed by atoms with van der Waals surface area (Å²) in [5, 5.41) is 9.32. The Bertz CT molecular complexity index is 380. The van der Waals surface area contributed by atoms with Crippen LogP contribution < -0.4 is 5.73 Å². The van der Waals surface area contributed by atoms with Crippen molar-refractivity contribution in [3.8, 4) is 5.75 Å². The second-order valence-electron chi connectivity index (χ2n) is 3.89. The van der Waals surface area contributed by atoms with E-state index in [1.165, 1.54) is 16.7 Å². The van der Waals surface area contributed by atoms with Crippen LogP contribution in [0.4, 0.5) is 0 Å². The van der Waals surface area contributed by atoms with Gasteiger partial charge >= 0.3 is 0 Å². The van der Waals surface area contributed by atoms with Crippen LogP contribution in [0.1, 0.15) is 24.5 Å². The fourth-order valence-corrected chi connectivity index (χ4v) is 1.86. The maximum Gasteiger partial charge on any atom is 0.115 e. The van der Waals surface area contributed by atoms with Crippen molar-refractivity contribution in [3.63, 3.8) is 0 Å². The molecule has 74 valence electrons. The molecule has 0 spiro atoms. The van der Waals surface area contributed by atoms with Crippen LogP contribution in [-0.4, -0.2) is 11.1 Å². The molecule has 0 amide bonds. The Morgan fingerprint density at radius 2 is 2.14 bits per heavy atom. The Hall–Kier alpha value is -1.28. The standard InChI is InChI=1S/C12H15NO/c1-8(13)9-2-3-11-7-12(14)5-4-10(11)6-9/h4-8,14H,2-3,13H2,1H3. The monoisotopic (exact) mass is 189 g/mol. The molecule has 1 unspecified atom stereocenters. The topological polar surface area (TPSA) is 46.2 Å². The van der Waals surface area contributed by atoms with E-state index in [4.69, 9.17) is 5.73 Å². The molecule has 1 aromatic rings. The van der Waals surface area contributed by atoms with Crippen LogP contribution in [0.25, 0.3) is 6.08 Å². The van der Waals surface area contributed by atoms with Crippen LogP contribution in [0.5, 0.6) is 5.75 Å². The summed E-state index contributed by atoms with van der Waals surface area (Å²) >= 11 is 0. The molecule has 2 nitrogen and oxygen atoms in total. The Labute approximate surface area is 84.1 Å². The molecule has 0 bridgehead atoms. The van der Waals surface area contributed by atoms with Gasteiger partial charge < -0.3 is 10.8 Å². The van der Waals surface area contributed by atoms with E-state index in [-0.39, 0.29) is 6.04 Å². The van der Waals surface area contributed by atoms with Gasteiger partial charge in [0.2, 0.25) is 0 Å². The molecule has 14 heavy (non-hydrogen) atoms. The first-order valence-corrected chi connectivity index (χ1v) is 4.95. The van der Waals surface area contributed by atoms with Gasteiger partial charge in [0, 0.05) is 6.04 Å². The average molecular weight is 189 g/mol. The zero-order chi connectivity index (χ0) is 10.1. The Morgan fingerprint density at radius 3 is 2.86 bits per heavy atom. The largest absolute Gasteiger partial charge is 0.508 e. The summed E-state index contributed by atoms with van der Waals surface area (Å²) < 4.78 is 0. The first-order valence-electron chi connectivity index (χ1n) is 4.95. The molecule has 2 rings (SSSR count). The number of phenolic OH excluding ortho intramolecular Hbond substituents is 1. The van der Waals surface area contributed by atoms with Gasteiger partial charge in [-0.1, -0.05) is 17.7 Å².